The molecule has 1 amide bonds. The highest BCUT2D eigenvalue weighted by molar-refractivity contribution is 6.31. The fraction of sp³-hybridized carbons (Fsp3) is 0.200. The van der Waals surface area contributed by atoms with Gasteiger partial charge in [0.2, 0.25) is 0 Å². The molecule has 19 heavy (non-hydrogen) atoms. The molecule has 1 unspecified atom stereocenters. The third-order valence-corrected chi connectivity index (χ3v) is 2.36. The first-order valence-electron chi connectivity index (χ1n) is 4.94. The van der Waals surface area contributed by atoms with Crippen molar-refractivity contribution in [3.63, 3.8) is 0 Å². The molecular weight excluding hydrogens is 280 g/mol. The third kappa shape index (κ3) is 3.90. The van der Waals surface area contributed by atoms with Crippen LogP contribution in [0.1, 0.15) is 10.4 Å². The summed E-state index contributed by atoms with van der Waals surface area (Å²) in [5.74, 6) is -2.31. The van der Waals surface area contributed by atoms with E-state index in [4.69, 9.17) is 21.8 Å². The maximum absolute atomic E-state index is 11.7. The topological polar surface area (TPSA) is 130 Å². The normalized spacial score (nSPS) is 11.7. The van der Waals surface area contributed by atoms with Gasteiger partial charge in [0.1, 0.15) is 0 Å². The fourth-order valence-corrected chi connectivity index (χ4v) is 1.47. The number of non-ortho nitro benzene ring substituents is 1. The lowest BCUT2D eigenvalue weighted by Gasteiger charge is -2.11. The minimum absolute atomic E-state index is 0.0322. The standard InChI is InChI=1S/C10H9ClN2O6/c11-6-1-5(2-7(3-6)13(18)19)9(15)12-8(4-14)10(16)17/h1-3,8,14H,4H2,(H,12,15)(H,16,17). The van der Waals surface area contributed by atoms with Crippen LogP contribution in [0.3, 0.4) is 0 Å². The molecule has 0 saturated heterocycles. The van der Waals surface area contributed by atoms with E-state index in [2.05, 4.69) is 0 Å². The number of carbonyl (C=O) groups excluding carboxylic acids is 1. The van der Waals surface area contributed by atoms with Gasteiger partial charge >= 0.3 is 5.97 Å². The minimum Gasteiger partial charge on any atom is -0.480 e. The van der Waals surface area contributed by atoms with E-state index in [1.54, 1.807) is 0 Å². The molecule has 0 aliphatic heterocycles. The molecular formula is C10H9ClN2O6. The van der Waals surface area contributed by atoms with Gasteiger partial charge in [-0.05, 0) is 6.07 Å². The van der Waals surface area contributed by atoms with Crippen molar-refractivity contribution in [2.45, 2.75) is 6.04 Å². The zero-order valence-electron chi connectivity index (χ0n) is 9.37. The highest BCUT2D eigenvalue weighted by atomic mass is 35.5. The maximum Gasteiger partial charge on any atom is 0.328 e. The number of halogens is 1. The van der Waals surface area contributed by atoms with Crippen LogP contribution in [0.2, 0.25) is 5.02 Å². The van der Waals surface area contributed by atoms with Crippen molar-refractivity contribution in [2.24, 2.45) is 0 Å². The highest BCUT2D eigenvalue weighted by Crippen LogP contribution is 2.20. The number of nitro groups is 1. The second kappa shape index (κ2) is 6.12. The number of rotatable bonds is 5. The number of nitrogens with zero attached hydrogens (tertiary/aromatic N) is 1. The number of aliphatic hydroxyl groups excluding tert-OH is 1. The van der Waals surface area contributed by atoms with E-state index in [9.17, 15) is 19.7 Å². The van der Waals surface area contributed by atoms with Crippen LogP contribution in [-0.2, 0) is 4.79 Å². The zero-order valence-corrected chi connectivity index (χ0v) is 10.1. The van der Waals surface area contributed by atoms with E-state index in [0.29, 0.717) is 0 Å². The van der Waals surface area contributed by atoms with Gasteiger partial charge in [-0.25, -0.2) is 4.79 Å². The Labute approximate surface area is 111 Å². The first kappa shape index (κ1) is 14.9. The second-order valence-corrected chi connectivity index (χ2v) is 3.94. The number of carboxylic acids is 1. The quantitative estimate of drug-likeness (QED) is 0.532. The first-order valence-corrected chi connectivity index (χ1v) is 5.32. The molecule has 1 aromatic carbocycles. The molecule has 1 rings (SSSR count). The Bertz CT molecular complexity index is 533. The number of aliphatic hydroxyl groups is 1. The monoisotopic (exact) mass is 288 g/mol. The van der Waals surface area contributed by atoms with Crippen LogP contribution in [0.4, 0.5) is 5.69 Å². The van der Waals surface area contributed by atoms with Crippen molar-refractivity contribution in [3.05, 3.63) is 38.9 Å². The summed E-state index contributed by atoms with van der Waals surface area (Å²) in [5.41, 5.74) is -0.563. The number of carbonyl (C=O) groups is 2. The van der Waals surface area contributed by atoms with E-state index in [-0.39, 0.29) is 10.6 Å². The lowest BCUT2D eigenvalue weighted by molar-refractivity contribution is -0.384. The number of hydrogen-bond donors (Lipinski definition) is 3. The summed E-state index contributed by atoms with van der Waals surface area (Å²) in [4.78, 5) is 32.2. The van der Waals surface area contributed by atoms with Crippen LogP contribution >= 0.6 is 11.6 Å². The first-order chi connectivity index (χ1) is 8.85. The van der Waals surface area contributed by atoms with E-state index >= 15 is 0 Å². The number of aliphatic carboxylic acids is 1. The molecule has 1 aromatic rings. The van der Waals surface area contributed by atoms with E-state index in [1.165, 1.54) is 0 Å². The summed E-state index contributed by atoms with van der Waals surface area (Å²) in [6.07, 6.45) is 0. The zero-order chi connectivity index (χ0) is 14.6. The summed E-state index contributed by atoms with van der Waals surface area (Å²) >= 11 is 5.62. The van der Waals surface area contributed by atoms with Gasteiger partial charge in [-0.2, -0.15) is 0 Å². The molecule has 0 heterocycles. The minimum atomic E-state index is -1.49. The van der Waals surface area contributed by atoms with Gasteiger partial charge in [0, 0.05) is 22.7 Å². The third-order valence-electron chi connectivity index (χ3n) is 2.14. The summed E-state index contributed by atoms with van der Waals surface area (Å²) in [6, 6.07) is 1.67. The predicted molar refractivity (Wildman–Crippen MR) is 64.1 cm³/mol. The van der Waals surface area contributed by atoms with Crippen molar-refractivity contribution in [1.82, 2.24) is 5.32 Å². The van der Waals surface area contributed by atoms with Gasteiger partial charge < -0.3 is 15.5 Å². The van der Waals surface area contributed by atoms with Crippen molar-refractivity contribution in [1.29, 1.82) is 0 Å². The van der Waals surface area contributed by atoms with Gasteiger partial charge in [-0.1, -0.05) is 11.6 Å². The average Bonchev–Trinajstić information content (AvgIpc) is 2.34. The molecule has 0 saturated carbocycles. The Kier molecular flexibility index (Phi) is 4.79. The lowest BCUT2D eigenvalue weighted by Crippen LogP contribution is -2.43. The maximum atomic E-state index is 11.7. The van der Waals surface area contributed by atoms with E-state index < -0.39 is 35.1 Å². The van der Waals surface area contributed by atoms with Crippen LogP contribution in [0.25, 0.3) is 0 Å². The van der Waals surface area contributed by atoms with Crippen LogP contribution in [0.15, 0.2) is 18.2 Å². The van der Waals surface area contributed by atoms with Crippen molar-refractivity contribution < 1.29 is 24.7 Å². The molecule has 0 aromatic heterocycles. The Morgan fingerprint density at radius 1 is 1.42 bits per heavy atom. The smallest absolute Gasteiger partial charge is 0.328 e. The molecule has 0 spiro atoms. The molecule has 0 fully saturated rings. The van der Waals surface area contributed by atoms with Gasteiger partial charge in [0.15, 0.2) is 6.04 Å². The molecule has 0 radical (unpaired) electrons. The van der Waals surface area contributed by atoms with Gasteiger partial charge in [0.05, 0.1) is 11.5 Å². The SMILES string of the molecule is O=C(NC(CO)C(=O)O)c1cc(Cl)cc([N+](=O)[O-])c1. The number of benzene rings is 1. The average molecular weight is 289 g/mol. The molecule has 102 valence electrons. The summed E-state index contributed by atoms with van der Waals surface area (Å²) in [5, 5.41) is 30.0. The van der Waals surface area contributed by atoms with Gasteiger partial charge in [-0.15, -0.1) is 0 Å². The highest BCUT2D eigenvalue weighted by Gasteiger charge is 2.21. The number of carboxylic acid groups (broad SMARTS) is 1. The molecule has 1 atom stereocenters. The van der Waals surface area contributed by atoms with E-state index in [1.807, 2.05) is 5.32 Å². The molecule has 9 heteroatoms. The molecule has 8 nitrogen and oxygen atoms in total. The lowest BCUT2D eigenvalue weighted by atomic mass is 10.1. The number of hydrogen-bond acceptors (Lipinski definition) is 5. The second-order valence-electron chi connectivity index (χ2n) is 3.50. The number of amides is 1. The Balaban J connectivity index is 2.99. The summed E-state index contributed by atoms with van der Waals surface area (Å²) in [6.45, 7) is -0.802. The van der Waals surface area contributed by atoms with Gasteiger partial charge in [-0.3, -0.25) is 14.9 Å². The summed E-state index contributed by atoms with van der Waals surface area (Å²) < 4.78 is 0. The van der Waals surface area contributed by atoms with Gasteiger partial charge in [0.25, 0.3) is 11.6 Å². The fourth-order valence-electron chi connectivity index (χ4n) is 1.24. The van der Waals surface area contributed by atoms with Crippen LogP contribution in [-0.4, -0.2) is 39.7 Å². The molecule has 0 aliphatic rings. The van der Waals surface area contributed by atoms with E-state index in [0.717, 1.165) is 18.2 Å². The number of nitro benzene ring substituents is 1. The van der Waals surface area contributed by atoms with Crippen molar-refractivity contribution in [2.75, 3.05) is 6.61 Å². The molecule has 0 bridgehead atoms. The van der Waals surface area contributed by atoms with Crippen LogP contribution in [0, 0.1) is 10.1 Å². The summed E-state index contributed by atoms with van der Waals surface area (Å²) in [7, 11) is 0. The van der Waals surface area contributed by atoms with Crippen molar-refractivity contribution >= 4 is 29.2 Å². The Hall–Kier alpha value is -2.19. The predicted octanol–water partition coefficient (Wildman–Crippen LogP) is 0.423. The molecule has 0 aliphatic carbocycles. The molecule has 3 N–H and O–H groups in total. The largest absolute Gasteiger partial charge is 0.480 e. The van der Waals surface area contributed by atoms with Crippen LogP contribution in [0.5, 0.6) is 0 Å². The Morgan fingerprint density at radius 2 is 2.05 bits per heavy atom. The van der Waals surface area contributed by atoms with Crippen LogP contribution < -0.4 is 5.32 Å². The van der Waals surface area contributed by atoms with Crippen molar-refractivity contribution in [3.8, 4) is 0 Å². The number of nitrogens with one attached hydrogen (secondary N) is 1. The Morgan fingerprint density at radius 3 is 2.53 bits per heavy atom.